The fourth-order valence-corrected chi connectivity index (χ4v) is 6.01. The van der Waals surface area contributed by atoms with Crippen LogP contribution in [0.1, 0.15) is 39.5 Å². The van der Waals surface area contributed by atoms with Gasteiger partial charge in [-0.25, -0.2) is 13.2 Å². The Kier molecular flexibility index (Phi) is 7.11. The quantitative estimate of drug-likeness (QED) is 0.709. The zero-order valence-electron chi connectivity index (χ0n) is 15.1. The van der Waals surface area contributed by atoms with Crippen LogP contribution < -0.4 is 0 Å². The van der Waals surface area contributed by atoms with E-state index in [9.17, 15) is 23.1 Å². The van der Waals surface area contributed by atoms with Crippen molar-refractivity contribution in [3.8, 4) is 0 Å². The number of hydrogen-bond donors (Lipinski definition) is 1. The number of piperidine rings is 1. The largest absolute Gasteiger partial charge is 0.480 e. The summed E-state index contributed by atoms with van der Waals surface area (Å²) in [6.45, 7) is 3.93. The van der Waals surface area contributed by atoms with E-state index >= 15 is 0 Å². The molecule has 0 saturated carbocycles. The fourth-order valence-electron chi connectivity index (χ4n) is 3.11. The van der Waals surface area contributed by atoms with Crippen molar-refractivity contribution in [1.82, 2.24) is 4.90 Å². The Labute approximate surface area is 158 Å². The maximum Gasteiger partial charge on any atom is 0.326 e. The molecule has 26 heavy (non-hydrogen) atoms. The van der Waals surface area contributed by atoms with Crippen LogP contribution in [0.2, 0.25) is 0 Å². The van der Waals surface area contributed by atoms with E-state index in [1.165, 1.54) is 16.7 Å². The van der Waals surface area contributed by atoms with Crippen molar-refractivity contribution in [2.24, 2.45) is 0 Å². The highest BCUT2D eigenvalue weighted by atomic mass is 32.2. The Hall–Kier alpha value is -1.54. The lowest BCUT2D eigenvalue weighted by Crippen LogP contribution is -2.50. The number of sulfone groups is 1. The Morgan fingerprint density at radius 3 is 2.65 bits per heavy atom. The van der Waals surface area contributed by atoms with E-state index in [2.05, 4.69) is 0 Å². The average Bonchev–Trinajstić information content (AvgIpc) is 2.61. The lowest BCUT2D eigenvalue weighted by molar-refractivity contribution is -0.151. The van der Waals surface area contributed by atoms with Crippen molar-refractivity contribution >= 4 is 33.5 Å². The predicted molar refractivity (Wildman–Crippen MR) is 101 cm³/mol. The normalized spacial score (nSPS) is 19.2. The van der Waals surface area contributed by atoms with Gasteiger partial charge in [-0.15, -0.1) is 11.8 Å². The molecule has 0 spiro atoms. The number of aliphatic carboxylic acids is 1. The third kappa shape index (κ3) is 4.79. The van der Waals surface area contributed by atoms with Gasteiger partial charge in [-0.2, -0.15) is 0 Å². The van der Waals surface area contributed by atoms with Crippen LogP contribution >= 0.6 is 11.8 Å². The third-order valence-corrected chi connectivity index (χ3v) is 7.65. The molecule has 2 atom stereocenters. The molecule has 1 unspecified atom stereocenters. The van der Waals surface area contributed by atoms with E-state index < -0.39 is 27.1 Å². The minimum Gasteiger partial charge on any atom is -0.480 e. The molecule has 0 aliphatic carbocycles. The lowest BCUT2D eigenvalue weighted by atomic mass is 10.0. The number of amides is 1. The maximum atomic E-state index is 12.8. The van der Waals surface area contributed by atoms with Crippen LogP contribution in [0.25, 0.3) is 0 Å². The molecule has 2 rings (SSSR count). The van der Waals surface area contributed by atoms with Crippen LogP contribution in [0, 0.1) is 0 Å². The fraction of sp³-hybridized carbons (Fsp3) is 0.556. The Morgan fingerprint density at radius 2 is 2.00 bits per heavy atom. The highest BCUT2D eigenvalue weighted by Gasteiger charge is 2.34. The molecule has 6 nitrogen and oxygen atoms in total. The molecule has 1 aromatic carbocycles. The van der Waals surface area contributed by atoms with Gasteiger partial charge in [0, 0.05) is 11.4 Å². The summed E-state index contributed by atoms with van der Waals surface area (Å²) in [5.41, 5.74) is 0. The molecule has 0 radical (unpaired) electrons. The summed E-state index contributed by atoms with van der Waals surface area (Å²) in [7, 11) is -3.40. The SMILES string of the molecule is CCCS(=O)(=O)c1ccccc1SC(C)C(=O)N1CCCC[C@@H]1C(=O)O. The molecule has 0 bridgehead atoms. The van der Waals surface area contributed by atoms with E-state index in [-0.39, 0.29) is 16.6 Å². The summed E-state index contributed by atoms with van der Waals surface area (Å²) < 4.78 is 24.9. The highest BCUT2D eigenvalue weighted by molar-refractivity contribution is 8.01. The zero-order chi connectivity index (χ0) is 19.3. The van der Waals surface area contributed by atoms with Gasteiger partial charge in [0.2, 0.25) is 5.91 Å². The summed E-state index contributed by atoms with van der Waals surface area (Å²) in [5, 5.41) is 8.80. The van der Waals surface area contributed by atoms with Gasteiger partial charge < -0.3 is 10.0 Å². The molecule has 1 aromatic rings. The first-order chi connectivity index (χ1) is 12.3. The summed E-state index contributed by atoms with van der Waals surface area (Å²) in [6, 6.07) is 5.88. The monoisotopic (exact) mass is 399 g/mol. The molecule has 1 saturated heterocycles. The average molecular weight is 400 g/mol. The Morgan fingerprint density at radius 1 is 1.31 bits per heavy atom. The van der Waals surface area contributed by atoms with Gasteiger partial charge in [0.15, 0.2) is 9.84 Å². The Bertz CT molecular complexity index is 763. The number of thioether (sulfide) groups is 1. The third-order valence-electron chi connectivity index (χ3n) is 4.38. The van der Waals surface area contributed by atoms with Crippen molar-refractivity contribution in [1.29, 1.82) is 0 Å². The van der Waals surface area contributed by atoms with Gasteiger partial charge in [0.05, 0.1) is 15.9 Å². The molecule has 1 amide bonds. The van der Waals surface area contributed by atoms with Crippen molar-refractivity contribution in [2.75, 3.05) is 12.3 Å². The van der Waals surface area contributed by atoms with Crippen LogP contribution in [0.3, 0.4) is 0 Å². The predicted octanol–water partition coefficient (Wildman–Crippen LogP) is 2.82. The number of rotatable bonds is 7. The van der Waals surface area contributed by atoms with Crippen LogP contribution in [-0.4, -0.2) is 53.9 Å². The van der Waals surface area contributed by atoms with Crippen molar-refractivity contribution in [3.63, 3.8) is 0 Å². The van der Waals surface area contributed by atoms with Crippen LogP contribution in [0.4, 0.5) is 0 Å². The second-order valence-electron chi connectivity index (χ2n) is 6.41. The molecule has 1 heterocycles. The van der Waals surface area contributed by atoms with Crippen molar-refractivity contribution < 1.29 is 23.1 Å². The summed E-state index contributed by atoms with van der Waals surface area (Å²) in [4.78, 5) is 26.4. The summed E-state index contributed by atoms with van der Waals surface area (Å²) in [6.07, 6.45) is 2.55. The molecule has 0 aromatic heterocycles. The first kappa shape index (κ1) is 20.8. The van der Waals surface area contributed by atoms with Gasteiger partial charge in [-0.1, -0.05) is 19.1 Å². The van der Waals surface area contributed by atoms with Crippen LogP contribution in [0.15, 0.2) is 34.1 Å². The first-order valence-electron chi connectivity index (χ1n) is 8.79. The molecule has 1 N–H and O–H groups in total. The van der Waals surface area contributed by atoms with Crippen molar-refractivity contribution in [2.45, 2.75) is 60.6 Å². The van der Waals surface area contributed by atoms with Gasteiger partial charge in [0.1, 0.15) is 6.04 Å². The second kappa shape index (κ2) is 8.90. The molecule has 1 aliphatic heterocycles. The minimum atomic E-state index is -3.40. The minimum absolute atomic E-state index is 0.0557. The smallest absolute Gasteiger partial charge is 0.326 e. The van der Waals surface area contributed by atoms with E-state index in [1.807, 2.05) is 6.92 Å². The van der Waals surface area contributed by atoms with E-state index in [4.69, 9.17) is 0 Å². The summed E-state index contributed by atoms with van der Waals surface area (Å²) in [5.74, 6) is -1.19. The second-order valence-corrected chi connectivity index (χ2v) is 9.87. The van der Waals surface area contributed by atoms with Gasteiger partial charge in [-0.05, 0) is 44.7 Å². The van der Waals surface area contributed by atoms with E-state index in [0.29, 0.717) is 24.3 Å². The molecular weight excluding hydrogens is 374 g/mol. The van der Waals surface area contributed by atoms with Crippen LogP contribution in [0.5, 0.6) is 0 Å². The Balaban J connectivity index is 2.21. The number of carboxylic acid groups (broad SMARTS) is 1. The van der Waals surface area contributed by atoms with Gasteiger partial charge >= 0.3 is 5.97 Å². The molecule has 144 valence electrons. The van der Waals surface area contributed by atoms with E-state index in [0.717, 1.165) is 12.8 Å². The van der Waals surface area contributed by atoms with E-state index in [1.54, 1.807) is 31.2 Å². The summed E-state index contributed by atoms with van der Waals surface area (Å²) >= 11 is 1.18. The first-order valence-corrected chi connectivity index (χ1v) is 11.3. The number of carbonyl (C=O) groups excluding carboxylic acids is 1. The number of carbonyl (C=O) groups is 2. The maximum absolute atomic E-state index is 12.8. The van der Waals surface area contributed by atoms with Crippen LogP contribution in [-0.2, 0) is 19.4 Å². The molecular formula is C18H25NO5S2. The van der Waals surface area contributed by atoms with Gasteiger partial charge in [0.25, 0.3) is 0 Å². The zero-order valence-corrected chi connectivity index (χ0v) is 16.7. The number of hydrogen-bond acceptors (Lipinski definition) is 5. The molecule has 8 heteroatoms. The number of nitrogens with zero attached hydrogens (tertiary/aromatic N) is 1. The van der Waals surface area contributed by atoms with Crippen molar-refractivity contribution in [3.05, 3.63) is 24.3 Å². The lowest BCUT2D eigenvalue weighted by Gasteiger charge is -2.34. The number of benzene rings is 1. The highest BCUT2D eigenvalue weighted by Crippen LogP contribution is 2.32. The standard InChI is InChI=1S/C18H25NO5S2/c1-3-12-26(23,24)16-10-5-4-9-15(16)25-13(2)17(20)19-11-7-6-8-14(19)18(21)22/h4-5,9-10,13-14H,3,6-8,11-12H2,1-2H3,(H,21,22)/t13?,14-/m1/s1. The van der Waals surface area contributed by atoms with Gasteiger partial charge in [-0.3, -0.25) is 4.79 Å². The number of likely N-dealkylation sites (tertiary alicyclic amines) is 1. The topological polar surface area (TPSA) is 91.8 Å². The molecule has 1 fully saturated rings. The molecule has 1 aliphatic rings. The number of carboxylic acids is 1.